The van der Waals surface area contributed by atoms with E-state index < -0.39 is 6.04 Å². The predicted octanol–water partition coefficient (Wildman–Crippen LogP) is 5.77. The Hall–Kier alpha value is -3.56. The minimum atomic E-state index is -0.460. The van der Waals surface area contributed by atoms with Crippen LogP contribution in [0.15, 0.2) is 69.4 Å². The number of aromatic nitrogens is 5. The maximum absolute atomic E-state index is 13.7. The molecule has 0 saturated heterocycles. The number of tetrazole rings is 1. The molecule has 4 aromatic heterocycles. The largest absolute Gasteiger partial charge is 0.468 e. The lowest BCUT2D eigenvalue weighted by Gasteiger charge is -2.31. The predicted molar refractivity (Wildman–Crippen MR) is 143 cm³/mol. The topological polar surface area (TPSA) is 92.8 Å². The monoisotopic (exact) mass is 514 g/mol. The second kappa shape index (κ2) is 10.4. The van der Waals surface area contributed by atoms with Crippen molar-refractivity contribution in [2.24, 2.45) is 0 Å². The van der Waals surface area contributed by atoms with Crippen LogP contribution in [0.4, 0.5) is 0 Å². The van der Waals surface area contributed by atoms with Crippen molar-refractivity contribution in [3.8, 4) is 0 Å². The summed E-state index contributed by atoms with van der Waals surface area (Å²) in [5, 5.41) is 16.2. The normalized spacial score (nSPS) is 15.5. The van der Waals surface area contributed by atoms with Crippen LogP contribution < -0.4 is 5.56 Å². The van der Waals surface area contributed by atoms with Crippen LogP contribution in [0.5, 0.6) is 0 Å². The van der Waals surface area contributed by atoms with Gasteiger partial charge in [0.25, 0.3) is 5.56 Å². The maximum atomic E-state index is 13.7. The number of hydrogen-bond donors (Lipinski definition) is 1. The van der Waals surface area contributed by atoms with Gasteiger partial charge in [0.15, 0.2) is 5.82 Å². The molecule has 9 heteroatoms. The SMILES string of the molecule is Cc1ccc2cc([C@H](c3nnnn3C3CCCCC3)N(Cc3ccco3)Cc3cccs3)c(=O)[nH]c2c1. The van der Waals surface area contributed by atoms with Crippen molar-refractivity contribution >= 4 is 22.2 Å². The summed E-state index contributed by atoms with van der Waals surface area (Å²) in [4.78, 5) is 20.3. The van der Waals surface area contributed by atoms with Gasteiger partial charge in [-0.2, -0.15) is 0 Å². The van der Waals surface area contributed by atoms with E-state index in [1.807, 2.05) is 35.9 Å². The van der Waals surface area contributed by atoms with Gasteiger partial charge in [-0.15, -0.1) is 16.4 Å². The van der Waals surface area contributed by atoms with E-state index in [9.17, 15) is 4.79 Å². The number of benzene rings is 1. The summed E-state index contributed by atoms with van der Waals surface area (Å²) in [7, 11) is 0. The summed E-state index contributed by atoms with van der Waals surface area (Å²) >= 11 is 1.70. The summed E-state index contributed by atoms with van der Waals surface area (Å²) in [5.74, 6) is 1.53. The molecule has 1 atom stereocenters. The Bertz CT molecular complexity index is 1480. The second-order valence-corrected chi connectivity index (χ2v) is 10.9. The lowest BCUT2D eigenvalue weighted by molar-refractivity contribution is 0.175. The van der Waals surface area contributed by atoms with Crippen molar-refractivity contribution in [3.05, 3.63) is 98.1 Å². The molecule has 0 radical (unpaired) electrons. The zero-order valence-electron chi connectivity index (χ0n) is 20.8. The molecular weight excluding hydrogens is 484 g/mol. The molecule has 8 nitrogen and oxygen atoms in total. The Morgan fingerprint density at radius 3 is 2.81 bits per heavy atom. The van der Waals surface area contributed by atoms with Crippen LogP contribution in [0.3, 0.4) is 0 Å². The van der Waals surface area contributed by atoms with Gasteiger partial charge in [-0.1, -0.05) is 37.5 Å². The fourth-order valence-corrected chi connectivity index (χ4v) is 6.17. The zero-order chi connectivity index (χ0) is 25.2. The van der Waals surface area contributed by atoms with Gasteiger partial charge in [0.2, 0.25) is 0 Å². The smallest absolute Gasteiger partial charge is 0.253 e. The highest BCUT2D eigenvalue weighted by Gasteiger charge is 2.33. The Labute approximate surface area is 218 Å². The van der Waals surface area contributed by atoms with Crippen molar-refractivity contribution in [1.29, 1.82) is 0 Å². The third-order valence-electron chi connectivity index (χ3n) is 7.25. The average molecular weight is 515 g/mol. The number of thiophene rings is 1. The number of H-pyrrole nitrogens is 1. The van der Waals surface area contributed by atoms with Crippen molar-refractivity contribution in [2.45, 2.75) is 64.2 Å². The van der Waals surface area contributed by atoms with E-state index >= 15 is 0 Å². The van der Waals surface area contributed by atoms with Gasteiger partial charge in [-0.3, -0.25) is 9.69 Å². The van der Waals surface area contributed by atoms with E-state index in [-0.39, 0.29) is 11.6 Å². The molecule has 190 valence electrons. The van der Waals surface area contributed by atoms with Crippen LogP contribution in [-0.4, -0.2) is 30.1 Å². The van der Waals surface area contributed by atoms with Crippen molar-refractivity contribution < 1.29 is 4.42 Å². The van der Waals surface area contributed by atoms with Gasteiger partial charge < -0.3 is 9.40 Å². The number of aryl methyl sites for hydroxylation is 1. The van der Waals surface area contributed by atoms with Crippen LogP contribution in [0.25, 0.3) is 10.9 Å². The summed E-state index contributed by atoms with van der Waals surface area (Å²) in [6.07, 6.45) is 7.34. The van der Waals surface area contributed by atoms with Crippen LogP contribution in [0.1, 0.15) is 71.8 Å². The molecule has 6 rings (SSSR count). The summed E-state index contributed by atoms with van der Waals surface area (Å²) in [6, 6.07) is 15.9. The van der Waals surface area contributed by atoms with Gasteiger partial charge in [-0.05, 0) is 76.9 Å². The van der Waals surface area contributed by atoms with E-state index in [1.165, 1.54) is 11.3 Å². The molecule has 1 saturated carbocycles. The number of nitrogens with zero attached hydrogens (tertiary/aromatic N) is 5. The Balaban J connectivity index is 1.52. The lowest BCUT2D eigenvalue weighted by Crippen LogP contribution is -2.35. The fraction of sp³-hybridized carbons (Fsp3) is 0.357. The van der Waals surface area contributed by atoms with Crippen molar-refractivity contribution in [2.75, 3.05) is 0 Å². The molecule has 5 aromatic rings. The minimum Gasteiger partial charge on any atom is -0.468 e. The van der Waals surface area contributed by atoms with E-state index in [1.54, 1.807) is 17.6 Å². The first-order chi connectivity index (χ1) is 18.2. The van der Waals surface area contributed by atoms with Gasteiger partial charge in [0.1, 0.15) is 11.8 Å². The zero-order valence-corrected chi connectivity index (χ0v) is 21.7. The molecule has 1 fully saturated rings. The highest BCUT2D eigenvalue weighted by Crippen LogP contribution is 2.35. The second-order valence-electron chi connectivity index (χ2n) is 9.88. The van der Waals surface area contributed by atoms with E-state index in [0.29, 0.717) is 24.5 Å². The molecule has 0 amide bonds. The van der Waals surface area contributed by atoms with E-state index in [0.717, 1.165) is 47.9 Å². The van der Waals surface area contributed by atoms with Crippen molar-refractivity contribution in [3.63, 3.8) is 0 Å². The standard InChI is InChI=1S/C28H30N6O2S/c1-19-11-12-20-16-24(28(35)29-25(20)15-19)26(27-30-31-32-34(27)21-7-3-2-4-8-21)33(17-22-9-5-13-36-22)18-23-10-6-14-37-23/h5-6,9-16,21,26H,2-4,7-8,17-18H2,1H3,(H,29,35)/t26-/m1/s1. The summed E-state index contributed by atoms with van der Waals surface area (Å²) in [5.41, 5.74) is 2.43. The van der Waals surface area contributed by atoms with Crippen LogP contribution in [0.2, 0.25) is 0 Å². The first-order valence-corrected chi connectivity index (χ1v) is 13.7. The molecule has 0 unspecified atom stereocenters. The molecule has 1 N–H and O–H groups in total. The third kappa shape index (κ3) is 5.01. The first-order valence-electron chi connectivity index (χ1n) is 12.9. The number of furan rings is 1. The summed E-state index contributed by atoms with van der Waals surface area (Å²) in [6.45, 7) is 3.17. The Kier molecular flexibility index (Phi) is 6.72. The van der Waals surface area contributed by atoms with Crippen LogP contribution in [-0.2, 0) is 13.1 Å². The van der Waals surface area contributed by atoms with E-state index in [4.69, 9.17) is 4.42 Å². The number of hydrogen-bond acceptors (Lipinski definition) is 7. The quantitative estimate of drug-likeness (QED) is 0.282. The number of pyridine rings is 1. The minimum absolute atomic E-state index is 0.128. The molecule has 0 aliphatic heterocycles. The van der Waals surface area contributed by atoms with Gasteiger partial charge in [-0.25, -0.2) is 4.68 Å². The van der Waals surface area contributed by atoms with Gasteiger partial charge in [0.05, 0.1) is 18.8 Å². The van der Waals surface area contributed by atoms with Gasteiger partial charge >= 0.3 is 0 Å². The number of aromatic amines is 1. The molecule has 1 aromatic carbocycles. The Morgan fingerprint density at radius 2 is 2.03 bits per heavy atom. The third-order valence-corrected chi connectivity index (χ3v) is 8.11. The average Bonchev–Trinajstić information content (AvgIpc) is 3.69. The van der Waals surface area contributed by atoms with Crippen molar-refractivity contribution in [1.82, 2.24) is 30.1 Å². The molecule has 0 spiro atoms. The number of fused-ring (bicyclic) bond motifs is 1. The molecule has 37 heavy (non-hydrogen) atoms. The van der Waals surface area contributed by atoms with Crippen LogP contribution in [0, 0.1) is 6.92 Å². The molecule has 1 aliphatic carbocycles. The molecule has 1 aliphatic rings. The molecular formula is C28H30N6O2S. The van der Waals surface area contributed by atoms with E-state index in [2.05, 4.69) is 55.1 Å². The summed E-state index contributed by atoms with van der Waals surface area (Å²) < 4.78 is 7.74. The van der Waals surface area contributed by atoms with Gasteiger partial charge in [0, 0.05) is 22.5 Å². The highest BCUT2D eigenvalue weighted by atomic mass is 32.1. The highest BCUT2D eigenvalue weighted by molar-refractivity contribution is 7.09. The Morgan fingerprint density at radius 1 is 1.14 bits per heavy atom. The fourth-order valence-electron chi connectivity index (χ4n) is 5.44. The maximum Gasteiger partial charge on any atom is 0.253 e. The first kappa shape index (κ1) is 23.8. The lowest BCUT2D eigenvalue weighted by atomic mass is 9.95. The molecule has 4 heterocycles. The van der Waals surface area contributed by atoms with Crippen LogP contribution >= 0.6 is 11.3 Å². The number of rotatable bonds is 8. The number of nitrogens with one attached hydrogen (secondary N) is 1. The molecule has 0 bridgehead atoms.